The van der Waals surface area contributed by atoms with Gasteiger partial charge in [0.1, 0.15) is 6.07 Å². The molecule has 3 aromatic carbocycles. The summed E-state index contributed by atoms with van der Waals surface area (Å²) in [4.78, 5) is 10.5. The molecule has 0 fully saturated rings. The minimum absolute atomic E-state index is 0.0226. The molecule has 0 radical (unpaired) electrons. The van der Waals surface area contributed by atoms with Crippen LogP contribution in [0.4, 0.5) is 5.69 Å². The number of benzene rings is 3. The lowest BCUT2D eigenvalue weighted by atomic mass is 9.90. The van der Waals surface area contributed by atoms with E-state index in [0.717, 1.165) is 22.3 Å². The fourth-order valence-corrected chi connectivity index (χ4v) is 2.68. The van der Waals surface area contributed by atoms with Crippen molar-refractivity contribution >= 4 is 16.8 Å². The average Bonchev–Trinajstić information content (AvgIpc) is 2.67. The van der Waals surface area contributed by atoms with Crippen molar-refractivity contribution in [3.05, 3.63) is 112 Å². The van der Waals surface area contributed by atoms with Crippen molar-refractivity contribution in [1.82, 2.24) is 0 Å². The number of hydrogen-bond donors (Lipinski definition) is 0. The lowest BCUT2D eigenvalue weighted by Gasteiger charge is -2.12. The molecule has 0 amide bonds. The van der Waals surface area contributed by atoms with E-state index in [4.69, 9.17) is 0 Å². The summed E-state index contributed by atoms with van der Waals surface area (Å²) in [6, 6.07) is 27.6. The second-order valence-corrected chi connectivity index (χ2v) is 5.40. The Hall–Kier alpha value is -3.71. The van der Waals surface area contributed by atoms with Crippen molar-refractivity contribution in [2.24, 2.45) is 0 Å². The van der Waals surface area contributed by atoms with E-state index >= 15 is 0 Å². The highest BCUT2D eigenvalue weighted by Gasteiger charge is 2.15. The van der Waals surface area contributed by atoms with E-state index in [1.54, 1.807) is 12.1 Å². The third kappa shape index (κ3) is 3.46. The number of hydrogen-bond acceptors (Lipinski definition) is 3. The molecule has 0 aliphatic carbocycles. The lowest BCUT2D eigenvalue weighted by molar-refractivity contribution is -0.384. The third-order valence-corrected chi connectivity index (χ3v) is 3.85. The molecule has 0 saturated heterocycles. The summed E-state index contributed by atoms with van der Waals surface area (Å²) < 4.78 is 0. The van der Waals surface area contributed by atoms with Gasteiger partial charge < -0.3 is 0 Å². The summed E-state index contributed by atoms with van der Waals surface area (Å²) in [6.45, 7) is 0. The number of allylic oxidation sites excluding steroid dienone is 1. The van der Waals surface area contributed by atoms with E-state index in [1.807, 2.05) is 60.7 Å². The van der Waals surface area contributed by atoms with Gasteiger partial charge in [0.15, 0.2) is 0 Å². The summed E-state index contributed by atoms with van der Waals surface area (Å²) in [5.74, 6) is 0. The van der Waals surface area contributed by atoms with Crippen molar-refractivity contribution < 1.29 is 4.92 Å². The number of nitrogens with zero attached hydrogens (tertiary/aromatic N) is 2. The van der Waals surface area contributed by atoms with Crippen LogP contribution in [0.5, 0.6) is 0 Å². The number of nitriles is 1. The molecule has 0 bridgehead atoms. The smallest absolute Gasteiger partial charge is 0.258 e. The maximum Gasteiger partial charge on any atom is 0.269 e. The normalized spacial score (nSPS) is 11.3. The molecule has 0 aliphatic heterocycles. The van der Waals surface area contributed by atoms with E-state index < -0.39 is 4.92 Å². The molecule has 0 atom stereocenters. The number of non-ortho nitro benzene ring substituents is 1. The fraction of sp³-hybridized carbons (Fsp3) is 0. The average molecular weight is 326 g/mol. The summed E-state index contributed by atoms with van der Waals surface area (Å²) in [7, 11) is 0. The van der Waals surface area contributed by atoms with Crippen LogP contribution in [0, 0.1) is 21.4 Å². The first-order valence-corrected chi connectivity index (χ1v) is 7.71. The highest BCUT2D eigenvalue weighted by Crippen LogP contribution is 2.32. The van der Waals surface area contributed by atoms with Gasteiger partial charge in [0.05, 0.1) is 10.5 Å². The summed E-state index contributed by atoms with van der Waals surface area (Å²) in [6.07, 6.45) is 0. The predicted octanol–water partition coefficient (Wildman–Crippen LogP) is 5.08. The van der Waals surface area contributed by atoms with Crippen LogP contribution in [0.2, 0.25) is 0 Å². The fourth-order valence-electron chi connectivity index (χ4n) is 2.68. The van der Waals surface area contributed by atoms with Crippen LogP contribution in [0.3, 0.4) is 0 Å². The van der Waals surface area contributed by atoms with Crippen LogP contribution in [0.25, 0.3) is 11.1 Å². The van der Waals surface area contributed by atoms with Crippen molar-refractivity contribution in [3.63, 3.8) is 0 Å². The molecule has 0 N–H and O–H groups in total. The Balaban J connectivity index is 2.25. The molecule has 3 aromatic rings. The monoisotopic (exact) mass is 326 g/mol. The van der Waals surface area contributed by atoms with Gasteiger partial charge in [-0.1, -0.05) is 60.7 Å². The van der Waals surface area contributed by atoms with Gasteiger partial charge >= 0.3 is 0 Å². The van der Waals surface area contributed by atoms with Gasteiger partial charge in [0.2, 0.25) is 0 Å². The van der Waals surface area contributed by atoms with Crippen LogP contribution < -0.4 is 0 Å². The quantitative estimate of drug-likeness (QED) is 0.291. The zero-order valence-corrected chi connectivity index (χ0v) is 13.3. The lowest BCUT2D eigenvalue weighted by Crippen LogP contribution is -1.95. The van der Waals surface area contributed by atoms with Crippen LogP contribution >= 0.6 is 0 Å². The molecule has 0 unspecified atom stereocenters. The largest absolute Gasteiger partial charge is 0.269 e. The first kappa shape index (κ1) is 16.2. The summed E-state index contributed by atoms with van der Waals surface area (Å²) in [5, 5.41) is 20.7. The molecule has 3 rings (SSSR count). The molecule has 25 heavy (non-hydrogen) atoms. The zero-order chi connectivity index (χ0) is 17.6. The van der Waals surface area contributed by atoms with Gasteiger partial charge in [-0.3, -0.25) is 10.1 Å². The SMILES string of the molecule is N#C/C(=C(/c1ccccc1)c1ccc([N+](=O)[O-])cc1)c1ccccc1. The van der Waals surface area contributed by atoms with Gasteiger partial charge in [-0.25, -0.2) is 0 Å². The van der Waals surface area contributed by atoms with E-state index in [9.17, 15) is 15.4 Å². The molecule has 120 valence electrons. The molecule has 0 aliphatic rings. The maximum absolute atomic E-state index is 10.9. The Morgan fingerprint density at radius 1 is 0.760 bits per heavy atom. The molecular weight excluding hydrogens is 312 g/mol. The third-order valence-electron chi connectivity index (χ3n) is 3.85. The summed E-state index contributed by atoms with van der Waals surface area (Å²) in [5.41, 5.74) is 3.76. The molecule has 0 aromatic heterocycles. The van der Waals surface area contributed by atoms with Gasteiger partial charge in [-0.2, -0.15) is 5.26 Å². The van der Waals surface area contributed by atoms with E-state index in [2.05, 4.69) is 6.07 Å². The first-order chi connectivity index (χ1) is 12.2. The Kier molecular flexibility index (Phi) is 4.68. The van der Waals surface area contributed by atoms with Crippen molar-refractivity contribution in [1.29, 1.82) is 5.26 Å². The first-order valence-electron chi connectivity index (χ1n) is 7.71. The molecule has 0 heterocycles. The Labute approximate surface area is 145 Å². The molecule has 0 saturated carbocycles. The van der Waals surface area contributed by atoms with Crippen LogP contribution in [-0.4, -0.2) is 4.92 Å². The van der Waals surface area contributed by atoms with E-state index in [-0.39, 0.29) is 5.69 Å². The van der Waals surface area contributed by atoms with Crippen molar-refractivity contribution in [3.8, 4) is 6.07 Å². The summed E-state index contributed by atoms with van der Waals surface area (Å²) >= 11 is 0. The number of nitro groups is 1. The van der Waals surface area contributed by atoms with E-state index in [0.29, 0.717) is 5.57 Å². The Morgan fingerprint density at radius 3 is 1.72 bits per heavy atom. The van der Waals surface area contributed by atoms with Crippen LogP contribution in [0.15, 0.2) is 84.9 Å². The van der Waals surface area contributed by atoms with Crippen LogP contribution in [0.1, 0.15) is 16.7 Å². The minimum Gasteiger partial charge on any atom is -0.258 e. The zero-order valence-electron chi connectivity index (χ0n) is 13.3. The maximum atomic E-state index is 10.9. The van der Waals surface area contributed by atoms with Crippen molar-refractivity contribution in [2.45, 2.75) is 0 Å². The Bertz CT molecular complexity index is 954. The van der Waals surface area contributed by atoms with Gasteiger partial charge in [0.25, 0.3) is 5.69 Å². The number of rotatable bonds is 4. The molecule has 4 heteroatoms. The predicted molar refractivity (Wildman–Crippen MR) is 97.5 cm³/mol. The Morgan fingerprint density at radius 2 is 1.24 bits per heavy atom. The standard InChI is InChI=1S/C21H14N2O2/c22-15-20(16-7-3-1-4-8-16)21(17-9-5-2-6-10-17)18-11-13-19(14-12-18)23(24)25/h1-14H/b21-20+. The molecule has 0 spiro atoms. The number of nitro benzene ring substituents is 1. The highest BCUT2D eigenvalue weighted by atomic mass is 16.6. The van der Waals surface area contributed by atoms with Crippen LogP contribution in [-0.2, 0) is 0 Å². The van der Waals surface area contributed by atoms with Gasteiger partial charge in [0, 0.05) is 17.7 Å². The highest BCUT2D eigenvalue weighted by molar-refractivity contribution is 6.03. The van der Waals surface area contributed by atoms with E-state index in [1.165, 1.54) is 12.1 Å². The van der Waals surface area contributed by atoms with Crippen molar-refractivity contribution in [2.75, 3.05) is 0 Å². The topological polar surface area (TPSA) is 66.9 Å². The van der Waals surface area contributed by atoms with Gasteiger partial charge in [-0.05, 0) is 28.8 Å². The second kappa shape index (κ2) is 7.24. The van der Waals surface area contributed by atoms with Gasteiger partial charge in [-0.15, -0.1) is 0 Å². The molecule has 4 nitrogen and oxygen atoms in total. The minimum atomic E-state index is -0.432. The second-order valence-electron chi connectivity index (χ2n) is 5.40. The molecular formula is C21H14N2O2.